The highest BCUT2D eigenvalue weighted by Gasteiger charge is 2.66. The molecule has 10 heteroatoms. The number of rotatable bonds is 3. The first kappa shape index (κ1) is 21.0. The topological polar surface area (TPSA) is 96.6 Å². The quantitative estimate of drug-likeness (QED) is 0.426. The summed E-state index contributed by atoms with van der Waals surface area (Å²) >= 11 is 7.39. The predicted octanol–water partition coefficient (Wildman–Crippen LogP) is 4.13. The monoisotopic (exact) mass is 492 g/mol. The van der Waals surface area contributed by atoms with Crippen molar-refractivity contribution >= 4 is 56.5 Å². The Kier molecular flexibility index (Phi) is 4.46. The van der Waals surface area contributed by atoms with E-state index in [0.29, 0.717) is 22.7 Å². The number of nitrogens with zero attached hydrogens (tertiary/aromatic N) is 4. The van der Waals surface area contributed by atoms with Gasteiger partial charge in [-0.2, -0.15) is 0 Å². The van der Waals surface area contributed by atoms with Gasteiger partial charge in [0, 0.05) is 29.7 Å². The second-order valence-corrected chi connectivity index (χ2v) is 9.71. The zero-order valence-corrected chi connectivity index (χ0v) is 19.7. The van der Waals surface area contributed by atoms with Crippen LogP contribution in [0.1, 0.15) is 40.0 Å². The third kappa shape index (κ3) is 2.51. The van der Waals surface area contributed by atoms with Gasteiger partial charge in [-0.25, -0.2) is 0 Å². The summed E-state index contributed by atoms with van der Waals surface area (Å²) in [6, 6.07) is 11.7. The minimum absolute atomic E-state index is 0.0266. The lowest BCUT2D eigenvalue weighted by molar-refractivity contribution is -0.121. The fourth-order valence-electron chi connectivity index (χ4n) is 4.89. The van der Waals surface area contributed by atoms with Crippen molar-refractivity contribution in [1.29, 1.82) is 0 Å². The molecular formula is C24H17ClN4O4S. The summed E-state index contributed by atoms with van der Waals surface area (Å²) < 4.78 is 5.98. The van der Waals surface area contributed by atoms with Gasteiger partial charge in [-0.3, -0.25) is 19.3 Å². The third-order valence-corrected chi connectivity index (χ3v) is 7.53. The number of hydrogen-bond donors (Lipinski definition) is 0. The molecule has 2 amide bonds. The number of carbonyl (C=O) groups excluding carboxylic acids is 2. The molecule has 0 fully saturated rings. The minimum Gasteiger partial charge on any atom is -0.450 e. The van der Waals surface area contributed by atoms with Gasteiger partial charge in [-0.05, 0) is 30.7 Å². The molecule has 2 aromatic heterocycles. The third-order valence-electron chi connectivity index (χ3n) is 6.33. The maximum absolute atomic E-state index is 14.0. The molecular weight excluding hydrogens is 476 g/mol. The smallest absolute Gasteiger partial charge is 0.297 e. The van der Waals surface area contributed by atoms with Crippen LogP contribution in [0, 0.1) is 0 Å². The predicted molar refractivity (Wildman–Crippen MR) is 129 cm³/mol. The van der Waals surface area contributed by atoms with Gasteiger partial charge in [0.1, 0.15) is 10.6 Å². The van der Waals surface area contributed by atoms with E-state index in [-0.39, 0.29) is 27.4 Å². The standard InChI is InChI=1S/C24H17ClN4O4S/c1-3-6-17-26-27-23(34-17)29-21(31)20-18(19(30)13-11-12(25)9-10-16(13)33-20)24(29)14-7-4-5-8-15(14)28(2)22(24)32/h4-5,7-11H,3,6H2,1-2H3. The van der Waals surface area contributed by atoms with Crippen LogP contribution in [0.3, 0.4) is 0 Å². The minimum atomic E-state index is -1.75. The van der Waals surface area contributed by atoms with Crippen molar-refractivity contribution in [2.24, 2.45) is 0 Å². The highest BCUT2D eigenvalue weighted by Crippen LogP contribution is 2.53. The number of hydrogen-bond acceptors (Lipinski definition) is 7. The zero-order valence-electron chi connectivity index (χ0n) is 18.2. The molecule has 2 aliphatic rings. The maximum atomic E-state index is 14.0. The summed E-state index contributed by atoms with van der Waals surface area (Å²) in [5.74, 6) is -1.23. The molecule has 0 aliphatic carbocycles. The van der Waals surface area contributed by atoms with Gasteiger partial charge >= 0.3 is 0 Å². The number of fused-ring (bicyclic) bond motifs is 5. The van der Waals surface area contributed by atoms with Gasteiger partial charge in [0.2, 0.25) is 10.9 Å². The number of carbonyl (C=O) groups is 2. The van der Waals surface area contributed by atoms with Crippen molar-refractivity contribution in [3.8, 4) is 0 Å². The number of benzene rings is 2. The highest BCUT2D eigenvalue weighted by atomic mass is 35.5. The first-order valence-corrected chi connectivity index (χ1v) is 11.9. The molecule has 0 radical (unpaired) electrons. The van der Waals surface area contributed by atoms with Crippen molar-refractivity contribution in [3.05, 3.63) is 79.6 Å². The Labute approximate surface area is 202 Å². The van der Waals surface area contributed by atoms with E-state index in [4.69, 9.17) is 16.0 Å². The van der Waals surface area contributed by atoms with Gasteiger partial charge in [0.05, 0.1) is 10.9 Å². The van der Waals surface area contributed by atoms with E-state index in [1.165, 1.54) is 27.2 Å². The fraction of sp³-hybridized carbons (Fsp3) is 0.208. The molecule has 4 heterocycles. The van der Waals surface area contributed by atoms with Crippen LogP contribution in [0.25, 0.3) is 11.0 Å². The average Bonchev–Trinajstić information content (AvgIpc) is 3.45. The number of para-hydroxylation sites is 1. The number of likely N-dealkylation sites (N-methyl/N-ethyl adjacent to an activating group) is 1. The van der Waals surface area contributed by atoms with Crippen LogP contribution >= 0.6 is 22.9 Å². The van der Waals surface area contributed by atoms with E-state index in [0.717, 1.165) is 11.4 Å². The fourth-order valence-corrected chi connectivity index (χ4v) is 6.05. The Balaban J connectivity index is 1.75. The summed E-state index contributed by atoms with van der Waals surface area (Å²) in [6.07, 6.45) is 1.54. The van der Waals surface area contributed by atoms with Gasteiger partial charge in [-0.15, -0.1) is 10.2 Å². The first-order valence-electron chi connectivity index (χ1n) is 10.7. The Morgan fingerprint density at radius 3 is 2.71 bits per heavy atom. The normalized spacial score (nSPS) is 18.9. The second-order valence-electron chi connectivity index (χ2n) is 8.24. The van der Waals surface area contributed by atoms with Gasteiger partial charge in [0.15, 0.2) is 11.0 Å². The molecule has 0 saturated carbocycles. The summed E-state index contributed by atoms with van der Waals surface area (Å²) in [5, 5.41) is 9.98. The number of aryl methyl sites for hydroxylation is 1. The van der Waals surface area contributed by atoms with Crippen LogP contribution < -0.4 is 15.2 Å². The van der Waals surface area contributed by atoms with Crippen LogP contribution in [0.2, 0.25) is 5.02 Å². The summed E-state index contributed by atoms with van der Waals surface area (Å²) in [5.41, 5.74) is -0.933. The Morgan fingerprint density at radius 1 is 1.12 bits per heavy atom. The lowest BCUT2D eigenvalue weighted by Crippen LogP contribution is -2.53. The molecule has 0 bridgehead atoms. The molecule has 170 valence electrons. The Morgan fingerprint density at radius 2 is 1.91 bits per heavy atom. The van der Waals surface area contributed by atoms with E-state index >= 15 is 0 Å². The number of aromatic nitrogens is 2. The molecule has 1 spiro atoms. The van der Waals surface area contributed by atoms with Crippen LogP contribution in [0.4, 0.5) is 10.8 Å². The molecule has 0 N–H and O–H groups in total. The second kappa shape index (κ2) is 7.22. The van der Waals surface area contributed by atoms with Crippen LogP contribution in [-0.2, 0) is 16.8 Å². The first-order chi connectivity index (χ1) is 16.4. The summed E-state index contributed by atoms with van der Waals surface area (Å²) in [7, 11) is 1.62. The van der Waals surface area contributed by atoms with E-state index in [2.05, 4.69) is 10.2 Å². The number of halogens is 1. The van der Waals surface area contributed by atoms with Crippen LogP contribution in [0.5, 0.6) is 0 Å². The van der Waals surface area contributed by atoms with Gasteiger partial charge in [-0.1, -0.05) is 48.1 Å². The molecule has 4 aromatic rings. The molecule has 6 rings (SSSR count). The summed E-state index contributed by atoms with van der Waals surface area (Å²) in [4.78, 5) is 44.6. The van der Waals surface area contributed by atoms with Crippen LogP contribution in [-0.4, -0.2) is 29.1 Å². The average molecular weight is 493 g/mol. The Bertz CT molecular complexity index is 1600. The molecule has 8 nitrogen and oxygen atoms in total. The van der Waals surface area contributed by atoms with Crippen molar-refractivity contribution in [3.63, 3.8) is 0 Å². The van der Waals surface area contributed by atoms with Crippen molar-refractivity contribution in [2.75, 3.05) is 16.8 Å². The molecule has 2 aromatic carbocycles. The SMILES string of the molecule is CCCc1nnc(N2C(=O)c3oc4ccc(Cl)cc4c(=O)c3C23C(=O)N(C)c2ccccc23)s1. The lowest BCUT2D eigenvalue weighted by atomic mass is 9.84. The Hall–Kier alpha value is -3.56. The molecule has 0 saturated heterocycles. The van der Waals surface area contributed by atoms with Crippen LogP contribution in [0.15, 0.2) is 51.7 Å². The van der Waals surface area contributed by atoms with Crippen molar-refractivity contribution < 1.29 is 14.0 Å². The van der Waals surface area contributed by atoms with E-state index < -0.39 is 22.8 Å². The van der Waals surface area contributed by atoms with E-state index in [1.54, 1.807) is 43.4 Å². The van der Waals surface area contributed by atoms with Crippen molar-refractivity contribution in [2.45, 2.75) is 25.3 Å². The number of anilines is 2. The van der Waals surface area contributed by atoms with Gasteiger partial charge in [0.25, 0.3) is 11.8 Å². The number of amides is 2. The molecule has 2 aliphatic heterocycles. The van der Waals surface area contributed by atoms with E-state index in [9.17, 15) is 14.4 Å². The largest absolute Gasteiger partial charge is 0.450 e. The molecule has 1 atom stereocenters. The summed E-state index contributed by atoms with van der Waals surface area (Å²) in [6.45, 7) is 2.02. The van der Waals surface area contributed by atoms with Gasteiger partial charge < -0.3 is 9.32 Å². The highest BCUT2D eigenvalue weighted by molar-refractivity contribution is 7.15. The zero-order chi connectivity index (χ0) is 23.8. The maximum Gasteiger partial charge on any atom is 0.297 e. The van der Waals surface area contributed by atoms with Crippen molar-refractivity contribution in [1.82, 2.24) is 10.2 Å². The molecule has 1 unspecified atom stereocenters. The lowest BCUT2D eigenvalue weighted by Gasteiger charge is -2.31. The van der Waals surface area contributed by atoms with E-state index in [1.807, 2.05) is 6.92 Å². The molecule has 34 heavy (non-hydrogen) atoms.